The number of carbonyl (C=O) groups excluding carboxylic acids is 6. The summed E-state index contributed by atoms with van der Waals surface area (Å²) >= 11 is 0. The van der Waals surface area contributed by atoms with Gasteiger partial charge in [0.15, 0.2) is 6.04 Å². The number of rotatable bonds is 17. The Kier molecular flexibility index (Phi) is 15.2. The minimum absolute atomic E-state index is 0.0315. The predicted molar refractivity (Wildman–Crippen MR) is 169 cm³/mol. The highest BCUT2D eigenvalue weighted by Gasteiger charge is 2.33. The van der Waals surface area contributed by atoms with Gasteiger partial charge in [-0.25, -0.2) is 19.9 Å². The van der Waals surface area contributed by atoms with Crippen LogP contribution in [0, 0.1) is 0 Å². The number of amides is 4. The standard InChI is InChI=1S/C32H45N5O12/c1-20(18-26(39)33-22-11-5-8-17-37(46)31(22)43)49-32(44)23(12-6-7-16-36(45)27(40)14-9-15-28(41)47-2)34-29(42)24-19-48-30(35-24)21-10-3-4-13-25(21)38/h3-4,10,13,20,22-24,38,45-46H,5-9,11-12,14-19H2,1-2H3,(H,33,39)(H,34,42)/t20-,22+,23+,24+/m1/s1. The van der Waals surface area contributed by atoms with Gasteiger partial charge in [-0.1, -0.05) is 12.1 Å². The summed E-state index contributed by atoms with van der Waals surface area (Å²) in [5.41, 5.74) is 0.298. The Hall–Kier alpha value is -4.77. The number of nitrogens with one attached hydrogen (secondary N) is 2. The second kappa shape index (κ2) is 19.3. The molecule has 3 rings (SSSR count). The second-order valence-corrected chi connectivity index (χ2v) is 11.8. The predicted octanol–water partition coefficient (Wildman–Crippen LogP) is 0.962. The third-order valence-electron chi connectivity index (χ3n) is 7.88. The Morgan fingerprint density at radius 1 is 1.12 bits per heavy atom. The van der Waals surface area contributed by atoms with Crippen LogP contribution in [0.1, 0.15) is 76.7 Å². The lowest BCUT2D eigenvalue weighted by molar-refractivity contribution is -0.167. The van der Waals surface area contributed by atoms with Crippen LogP contribution in [-0.2, 0) is 43.0 Å². The Morgan fingerprint density at radius 2 is 1.88 bits per heavy atom. The van der Waals surface area contributed by atoms with E-state index >= 15 is 0 Å². The maximum Gasteiger partial charge on any atom is 0.328 e. The Bertz CT molecular complexity index is 1370. The first kappa shape index (κ1) is 38.7. The van der Waals surface area contributed by atoms with E-state index in [1.807, 2.05) is 0 Å². The second-order valence-electron chi connectivity index (χ2n) is 11.8. The fourth-order valence-electron chi connectivity index (χ4n) is 5.17. The molecule has 49 heavy (non-hydrogen) atoms. The zero-order valence-corrected chi connectivity index (χ0v) is 27.7. The van der Waals surface area contributed by atoms with Crippen molar-refractivity contribution < 1.29 is 58.5 Å². The molecule has 2 aliphatic rings. The van der Waals surface area contributed by atoms with E-state index in [4.69, 9.17) is 9.47 Å². The van der Waals surface area contributed by atoms with Gasteiger partial charge in [0.25, 0.3) is 5.91 Å². The number of aliphatic imine (C=N–C) groups is 1. The number of ether oxygens (including phenoxy) is 3. The number of hydrogen-bond donors (Lipinski definition) is 5. The van der Waals surface area contributed by atoms with E-state index in [1.165, 1.54) is 20.1 Å². The fraction of sp³-hybridized carbons (Fsp3) is 0.594. The van der Waals surface area contributed by atoms with Gasteiger partial charge in [-0.2, -0.15) is 0 Å². The molecule has 0 unspecified atom stereocenters. The normalized spacial score (nSPS) is 18.7. The van der Waals surface area contributed by atoms with E-state index < -0.39 is 59.8 Å². The quantitative estimate of drug-likeness (QED) is 0.0665. The molecule has 5 N–H and O–H groups in total. The number of unbranched alkanes of at least 4 members (excludes halogenated alkanes) is 1. The molecular weight excluding hydrogens is 646 g/mol. The summed E-state index contributed by atoms with van der Waals surface area (Å²) in [6.45, 7) is 1.44. The van der Waals surface area contributed by atoms with Gasteiger partial charge in [0.2, 0.25) is 23.6 Å². The van der Waals surface area contributed by atoms with Crippen molar-refractivity contribution in [1.29, 1.82) is 0 Å². The minimum atomic E-state index is -1.20. The van der Waals surface area contributed by atoms with Crippen molar-refractivity contribution in [3.8, 4) is 5.75 Å². The Labute approximate surface area is 283 Å². The largest absolute Gasteiger partial charge is 0.507 e. The number of carbonyl (C=O) groups is 6. The van der Waals surface area contributed by atoms with Crippen LogP contribution in [0.3, 0.4) is 0 Å². The van der Waals surface area contributed by atoms with Gasteiger partial charge in [0, 0.05) is 25.9 Å². The number of phenolic OH excluding ortho intramolecular Hbond substituents is 1. The monoisotopic (exact) mass is 691 g/mol. The van der Waals surface area contributed by atoms with Crippen molar-refractivity contribution in [2.45, 2.75) is 95.4 Å². The molecular formula is C32H45N5O12. The van der Waals surface area contributed by atoms with Gasteiger partial charge in [-0.15, -0.1) is 0 Å². The first-order chi connectivity index (χ1) is 23.4. The first-order valence-electron chi connectivity index (χ1n) is 16.2. The van der Waals surface area contributed by atoms with Crippen LogP contribution >= 0.6 is 0 Å². The molecule has 0 aliphatic carbocycles. The maximum atomic E-state index is 13.3. The molecule has 270 valence electrons. The minimum Gasteiger partial charge on any atom is -0.507 e. The highest BCUT2D eigenvalue weighted by Crippen LogP contribution is 2.21. The van der Waals surface area contributed by atoms with Gasteiger partial charge in [0.05, 0.1) is 19.1 Å². The lowest BCUT2D eigenvalue weighted by Crippen LogP contribution is -2.48. The summed E-state index contributed by atoms with van der Waals surface area (Å²) in [5.74, 6) is -3.76. The summed E-state index contributed by atoms with van der Waals surface area (Å²) in [6, 6.07) is 3.17. The van der Waals surface area contributed by atoms with Crippen LogP contribution in [0.25, 0.3) is 0 Å². The lowest BCUT2D eigenvalue weighted by Gasteiger charge is -2.23. The number of phenols is 1. The zero-order valence-electron chi connectivity index (χ0n) is 27.7. The highest BCUT2D eigenvalue weighted by atomic mass is 16.5. The highest BCUT2D eigenvalue weighted by molar-refractivity contribution is 6.00. The van der Waals surface area contributed by atoms with Crippen molar-refractivity contribution in [3.63, 3.8) is 0 Å². The molecule has 0 bridgehead atoms. The van der Waals surface area contributed by atoms with Gasteiger partial charge >= 0.3 is 11.9 Å². The number of hydroxylamine groups is 4. The van der Waals surface area contributed by atoms with E-state index in [1.54, 1.807) is 18.2 Å². The molecule has 17 heteroatoms. The molecule has 2 aliphatic heterocycles. The molecule has 17 nitrogen and oxygen atoms in total. The number of para-hydroxylation sites is 1. The molecule has 0 spiro atoms. The Balaban J connectivity index is 1.58. The van der Waals surface area contributed by atoms with Gasteiger partial charge in [0.1, 0.15) is 30.5 Å². The summed E-state index contributed by atoms with van der Waals surface area (Å²) in [6.07, 6.45) is 1.05. The zero-order chi connectivity index (χ0) is 35.9. The lowest BCUT2D eigenvalue weighted by atomic mass is 10.1. The summed E-state index contributed by atoms with van der Waals surface area (Å²) in [7, 11) is 1.24. The maximum absolute atomic E-state index is 13.3. The summed E-state index contributed by atoms with van der Waals surface area (Å²) in [5, 5.41) is 36.3. The number of nitrogens with zero attached hydrogens (tertiary/aromatic N) is 3. The SMILES string of the molecule is COC(=O)CCCC(=O)N(O)CCCC[C@H](NC(=O)[C@@H]1COC(c2ccccc2O)=N1)C(=O)O[C@H](C)CC(=O)N[C@H]1CCCCN(O)C1=O. The van der Waals surface area contributed by atoms with E-state index in [2.05, 4.69) is 20.4 Å². The number of benzene rings is 1. The topological polar surface area (TPSA) is 234 Å². The van der Waals surface area contributed by atoms with Crippen LogP contribution in [0.4, 0.5) is 0 Å². The smallest absolute Gasteiger partial charge is 0.328 e. The van der Waals surface area contributed by atoms with Crippen molar-refractivity contribution in [3.05, 3.63) is 29.8 Å². The summed E-state index contributed by atoms with van der Waals surface area (Å²) in [4.78, 5) is 79.1. The first-order valence-corrected chi connectivity index (χ1v) is 16.2. The number of aromatic hydroxyl groups is 1. The van der Waals surface area contributed by atoms with Crippen molar-refractivity contribution >= 4 is 41.5 Å². The number of methoxy groups -OCH3 is 1. The van der Waals surface area contributed by atoms with Crippen LogP contribution in [0.2, 0.25) is 0 Å². The number of hydrogen-bond acceptors (Lipinski definition) is 13. The molecule has 1 aromatic rings. The molecule has 1 fully saturated rings. The molecule has 4 amide bonds. The van der Waals surface area contributed by atoms with Crippen LogP contribution < -0.4 is 10.6 Å². The molecule has 0 radical (unpaired) electrons. The van der Waals surface area contributed by atoms with Crippen molar-refractivity contribution in [1.82, 2.24) is 20.8 Å². The van der Waals surface area contributed by atoms with Gasteiger partial charge in [-0.3, -0.25) is 34.4 Å². The average molecular weight is 692 g/mol. The van der Waals surface area contributed by atoms with E-state index in [0.29, 0.717) is 35.0 Å². The molecule has 1 saturated heterocycles. The van der Waals surface area contributed by atoms with Crippen molar-refractivity contribution in [2.24, 2.45) is 4.99 Å². The average Bonchev–Trinajstić information content (AvgIpc) is 3.51. The van der Waals surface area contributed by atoms with Gasteiger partial charge < -0.3 is 30.0 Å². The molecule has 2 heterocycles. The molecule has 1 aromatic carbocycles. The van der Waals surface area contributed by atoms with E-state index in [-0.39, 0.29) is 76.3 Å². The van der Waals surface area contributed by atoms with E-state index in [0.717, 1.165) is 0 Å². The molecule has 0 saturated carbocycles. The van der Waals surface area contributed by atoms with E-state index in [9.17, 15) is 44.3 Å². The third-order valence-corrected chi connectivity index (χ3v) is 7.88. The van der Waals surface area contributed by atoms with Crippen LogP contribution in [0.5, 0.6) is 5.75 Å². The van der Waals surface area contributed by atoms with Crippen LogP contribution in [-0.4, -0.2) is 118 Å². The van der Waals surface area contributed by atoms with Crippen molar-refractivity contribution in [2.75, 3.05) is 26.8 Å². The summed E-state index contributed by atoms with van der Waals surface area (Å²) < 4.78 is 15.5. The van der Waals surface area contributed by atoms with Gasteiger partial charge in [-0.05, 0) is 64.0 Å². The molecule has 4 atom stereocenters. The third kappa shape index (κ3) is 12.3. The van der Waals surface area contributed by atoms with Crippen LogP contribution in [0.15, 0.2) is 29.3 Å². The molecule has 0 aromatic heterocycles. The number of esters is 2. The Morgan fingerprint density at radius 3 is 2.61 bits per heavy atom. The fourth-order valence-corrected chi connectivity index (χ4v) is 5.17.